The minimum atomic E-state index is -2.28. The molecule has 8 heteroatoms. The lowest BCUT2D eigenvalue weighted by Gasteiger charge is -2.23. The van der Waals surface area contributed by atoms with Gasteiger partial charge in [-0.1, -0.05) is 0 Å². The summed E-state index contributed by atoms with van der Waals surface area (Å²) in [5, 5.41) is 45.1. The van der Waals surface area contributed by atoms with Crippen molar-refractivity contribution in [2.75, 3.05) is 6.54 Å². The first-order chi connectivity index (χ1) is 7.82. The third kappa shape index (κ3) is 4.75. The number of Topliss-reactive ketones (excluding diaryl/α,β-unsaturated/α-hetero) is 1. The van der Waals surface area contributed by atoms with Crippen LogP contribution in [0.25, 0.3) is 0 Å². The summed E-state index contributed by atoms with van der Waals surface area (Å²) in [7, 11) is 0. The SMILES string of the molecule is NCCCC(=O)C(O)[C@@H](O)[C@H](O)C(O)C(=O)O. The van der Waals surface area contributed by atoms with E-state index in [1.165, 1.54) is 0 Å². The minimum absolute atomic E-state index is 0.107. The lowest BCUT2D eigenvalue weighted by Crippen LogP contribution is -2.50. The first-order valence-electron chi connectivity index (χ1n) is 5.00. The van der Waals surface area contributed by atoms with Gasteiger partial charge in [0, 0.05) is 6.42 Å². The van der Waals surface area contributed by atoms with Crippen LogP contribution in [0, 0.1) is 0 Å². The number of carbonyl (C=O) groups is 2. The van der Waals surface area contributed by atoms with E-state index in [1.807, 2.05) is 0 Å². The van der Waals surface area contributed by atoms with Crippen molar-refractivity contribution in [3.8, 4) is 0 Å². The van der Waals surface area contributed by atoms with Crippen LogP contribution in [0.4, 0.5) is 0 Å². The summed E-state index contributed by atoms with van der Waals surface area (Å²) in [5.41, 5.74) is 5.14. The van der Waals surface area contributed by atoms with Crippen LogP contribution in [0.5, 0.6) is 0 Å². The van der Waals surface area contributed by atoms with Gasteiger partial charge in [0.25, 0.3) is 0 Å². The van der Waals surface area contributed by atoms with E-state index in [-0.39, 0.29) is 13.0 Å². The molecular weight excluding hydrogens is 234 g/mol. The van der Waals surface area contributed by atoms with Gasteiger partial charge < -0.3 is 31.3 Å². The van der Waals surface area contributed by atoms with Crippen LogP contribution in [-0.4, -0.2) is 68.2 Å². The topological polar surface area (TPSA) is 161 Å². The largest absolute Gasteiger partial charge is 0.479 e. The Balaban J connectivity index is 4.42. The number of aliphatic hydroxyl groups is 4. The summed E-state index contributed by atoms with van der Waals surface area (Å²) in [6.07, 6.45) is -8.26. The summed E-state index contributed by atoms with van der Waals surface area (Å²) >= 11 is 0. The van der Waals surface area contributed by atoms with E-state index in [4.69, 9.17) is 15.9 Å². The molecule has 0 aromatic rings. The van der Waals surface area contributed by atoms with Gasteiger partial charge in [-0.3, -0.25) is 4.79 Å². The van der Waals surface area contributed by atoms with E-state index >= 15 is 0 Å². The second kappa shape index (κ2) is 7.30. The molecule has 0 saturated carbocycles. The third-order valence-electron chi connectivity index (χ3n) is 2.21. The van der Waals surface area contributed by atoms with Crippen LogP contribution < -0.4 is 5.73 Å². The molecular formula is C9H17NO7. The van der Waals surface area contributed by atoms with Crippen LogP contribution >= 0.6 is 0 Å². The monoisotopic (exact) mass is 251 g/mol. The van der Waals surface area contributed by atoms with Crippen LogP contribution in [0.1, 0.15) is 12.8 Å². The lowest BCUT2D eigenvalue weighted by molar-refractivity contribution is -0.165. The van der Waals surface area contributed by atoms with Gasteiger partial charge in [-0.25, -0.2) is 4.79 Å². The molecule has 0 aliphatic carbocycles. The van der Waals surface area contributed by atoms with E-state index < -0.39 is 36.2 Å². The second-order valence-electron chi connectivity index (χ2n) is 3.57. The number of rotatable bonds is 8. The minimum Gasteiger partial charge on any atom is -0.479 e. The Morgan fingerprint density at radius 3 is 1.88 bits per heavy atom. The Hall–Kier alpha value is -1.06. The van der Waals surface area contributed by atoms with Crippen molar-refractivity contribution < 1.29 is 35.1 Å². The predicted molar refractivity (Wildman–Crippen MR) is 55.0 cm³/mol. The number of carbonyl (C=O) groups excluding carboxylic acids is 1. The molecule has 0 bridgehead atoms. The van der Waals surface area contributed by atoms with Crippen molar-refractivity contribution in [1.29, 1.82) is 0 Å². The maximum atomic E-state index is 11.2. The van der Waals surface area contributed by atoms with Crippen molar-refractivity contribution >= 4 is 11.8 Å². The van der Waals surface area contributed by atoms with Gasteiger partial charge in [0.1, 0.15) is 18.3 Å². The zero-order chi connectivity index (χ0) is 13.6. The highest BCUT2D eigenvalue weighted by atomic mass is 16.4. The van der Waals surface area contributed by atoms with Crippen LogP contribution in [0.3, 0.4) is 0 Å². The Labute approximate surface area is 97.3 Å². The van der Waals surface area contributed by atoms with E-state index in [0.717, 1.165) is 0 Å². The van der Waals surface area contributed by atoms with Gasteiger partial charge in [-0.2, -0.15) is 0 Å². The van der Waals surface area contributed by atoms with E-state index in [9.17, 15) is 24.9 Å². The Kier molecular flexibility index (Phi) is 6.85. The van der Waals surface area contributed by atoms with Crippen molar-refractivity contribution in [3.05, 3.63) is 0 Å². The van der Waals surface area contributed by atoms with Gasteiger partial charge in [0.15, 0.2) is 11.9 Å². The highest BCUT2D eigenvalue weighted by molar-refractivity contribution is 5.83. The molecule has 17 heavy (non-hydrogen) atoms. The fourth-order valence-corrected chi connectivity index (χ4v) is 1.13. The molecule has 0 aromatic carbocycles. The zero-order valence-electron chi connectivity index (χ0n) is 9.06. The van der Waals surface area contributed by atoms with Gasteiger partial charge >= 0.3 is 5.97 Å². The average molecular weight is 251 g/mol. The van der Waals surface area contributed by atoms with Crippen molar-refractivity contribution in [3.63, 3.8) is 0 Å². The average Bonchev–Trinajstić information content (AvgIpc) is 2.31. The highest BCUT2D eigenvalue weighted by Crippen LogP contribution is 2.08. The summed E-state index contributed by atoms with van der Waals surface area (Å²) in [6.45, 7) is 0.217. The molecule has 4 atom stereocenters. The molecule has 2 unspecified atom stereocenters. The number of hydrogen-bond acceptors (Lipinski definition) is 7. The van der Waals surface area contributed by atoms with E-state index in [1.54, 1.807) is 0 Å². The molecule has 0 aromatic heterocycles. The van der Waals surface area contributed by atoms with E-state index in [2.05, 4.69) is 0 Å². The van der Waals surface area contributed by atoms with Crippen molar-refractivity contribution in [2.24, 2.45) is 5.73 Å². The number of aliphatic carboxylic acids is 1. The normalized spacial score (nSPS) is 18.2. The predicted octanol–water partition coefficient (Wildman–Crippen LogP) is -3.18. The van der Waals surface area contributed by atoms with Crippen molar-refractivity contribution in [2.45, 2.75) is 37.3 Å². The summed E-state index contributed by atoms with van der Waals surface area (Å²) in [5.74, 6) is -2.54. The van der Waals surface area contributed by atoms with Crippen LogP contribution in [0.2, 0.25) is 0 Å². The fraction of sp³-hybridized carbons (Fsp3) is 0.778. The first-order valence-corrected chi connectivity index (χ1v) is 5.00. The molecule has 0 rings (SSSR count). The van der Waals surface area contributed by atoms with Crippen LogP contribution in [0.15, 0.2) is 0 Å². The summed E-state index contributed by atoms with van der Waals surface area (Å²) < 4.78 is 0. The Morgan fingerprint density at radius 1 is 1.00 bits per heavy atom. The Bertz CT molecular complexity index is 270. The molecule has 0 fully saturated rings. The number of aliphatic hydroxyl groups excluding tert-OH is 4. The molecule has 7 N–H and O–H groups in total. The summed E-state index contributed by atoms with van der Waals surface area (Å²) in [6, 6.07) is 0. The smallest absolute Gasteiger partial charge is 0.335 e. The molecule has 0 spiro atoms. The summed E-state index contributed by atoms with van der Waals surface area (Å²) in [4.78, 5) is 21.5. The first kappa shape index (κ1) is 15.9. The maximum absolute atomic E-state index is 11.2. The molecule has 100 valence electrons. The molecule has 0 amide bonds. The Morgan fingerprint density at radius 2 is 1.47 bits per heavy atom. The third-order valence-corrected chi connectivity index (χ3v) is 2.21. The van der Waals surface area contributed by atoms with E-state index in [0.29, 0.717) is 6.42 Å². The number of carboxylic acids is 1. The van der Waals surface area contributed by atoms with Gasteiger partial charge in [-0.15, -0.1) is 0 Å². The van der Waals surface area contributed by atoms with Gasteiger partial charge in [0.2, 0.25) is 0 Å². The molecule has 0 radical (unpaired) electrons. The van der Waals surface area contributed by atoms with Gasteiger partial charge in [0.05, 0.1) is 0 Å². The second-order valence-corrected chi connectivity index (χ2v) is 3.57. The zero-order valence-corrected chi connectivity index (χ0v) is 9.06. The molecule has 8 nitrogen and oxygen atoms in total. The van der Waals surface area contributed by atoms with Crippen LogP contribution in [-0.2, 0) is 9.59 Å². The fourth-order valence-electron chi connectivity index (χ4n) is 1.13. The maximum Gasteiger partial charge on any atom is 0.335 e. The number of hydrogen-bond donors (Lipinski definition) is 6. The highest BCUT2D eigenvalue weighted by Gasteiger charge is 2.36. The number of ketones is 1. The number of nitrogens with two attached hydrogens (primary N) is 1. The standard InChI is InChI=1S/C9H17NO7/c10-3-1-2-4(11)5(12)6(13)7(14)8(15)9(16)17/h5-8,12-15H,1-3,10H2,(H,16,17)/t5?,6-,7+,8?/m1/s1. The van der Waals surface area contributed by atoms with Gasteiger partial charge in [-0.05, 0) is 13.0 Å². The van der Waals surface area contributed by atoms with Crippen molar-refractivity contribution in [1.82, 2.24) is 0 Å². The number of carboxylic acid groups (broad SMARTS) is 1. The molecule has 0 saturated heterocycles. The molecule has 0 aliphatic rings. The lowest BCUT2D eigenvalue weighted by atomic mass is 9.98. The molecule has 0 aliphatic heterocycles. The quantitative estimate of drug-likeness (QED) is 0.263. The molecule has 0 heterocycles.